The summed E-state index contributed by atoms with van der Waals surface area (Å²) in [6.45, 7) is 0. The molecule has 0 aliphatic rings. The van der Waals surface area contributed by atoms with Gasteiger partial charge in [0.25, 0.3) is 5.56 Å². The van der Waals surface area contributed by atoms with Gasteiger partial charge in [0.15, 0.2) is 0 Å². The second-order valence-corrected chi connectivity index (χ2v) is 1.53. The van der Waals surface area contributed by atoms with Crippen LogP contribution in [0.15, 0.2) is 23.4 Å². The molecule has 50 valence electrons. The zero-order valence-electron chi connectivity index (χ0n) is 4.94. The summed E-state index contributed by atoms with van der Waals surface area (Å²) in [6, 6.07) is 0. The molecule has 0 bridgehead atoms. The second-order valence-electron chi connectivity index (χ2n) is 1.53. The molecular weight excluding hydrogens is 140 g/mol. The van der Waals surface area contributed by atoms with Gasteiger partial charge in [-0.2, -0.15) is 0 Å². The molecule has 0 atom stereocenters. The van der Waals surface area contributed by atoms with Crippen molar-refractivity contribution < 1.29 is 0 Å². The molecule has 0 aromatic carbocycles. The van der Waals surface area contributed by atoms with Gasteiger partial charge >= 0.3 is 0 Å². The van der Waals surface area contributed by atoms with Crippen LogP contribution in [0.4, 0.5) is 0 Å². The van der Waals surface area contributed by atoms with Crippen molar-refractivity contribution in [1.82, 2.24) is 9.55 Å². The molecule has 1 aromatic heterocycles. The zero-order valence-corrected chi connectivity index (χ0v) is 5.76. The highest BCUT2D eigenvalue weighted by molar-refractivity contribution is 5.85. The van der Waals surface area contributed by atoms with Crippen molar-refractivity contribution >= 4 is 12.4 Å². The van der Waals surface area contributed by atoms with Gasteiger partial charge in [0.2, 0.25) is 0 Å². The van der Waals surface area contributed by atoms with Gasteiger partial charge in [0, 0.05) is 19.4 Å². The van der Waals surface area contributed by atoms with Gasteiger partial charge in [0.1, 0.15) is 0 Å². The normalized spacial score (nSPS) is 8.11. The molecule has 0 amide bonds. The summed E-state index contributed by atoms with van der Waals surface area (Å²) in [4.78, 5) is 14.1. The molecule has 0 unspecified atom stereocenters. The molecule has 0 radical (unpaired) electrons. The van der Waals surface area contributed by atoms with Crippen LogP contribution < -0.4 is 5.56 Å². The fraction of sp³-hybridized carbons (Fsp3) is 0.200. The Morgan fingerprint density at radius 1 is 1.67 bits per heavy atom. The molecule has 1 heterocycles. The minimum Gasteiger partial charge on any atom is -0.316 e. The summed E-state index contributed by atoms with van der Waals surface area (Å²) < 4.78 is 1.47. The fourth-order valence-corrected chi connectivity index (χ4v) is 0.410. The van der Waals surface area contributed by atoms with Crippen molar-refractivity contribution in [2.45, 2.75) is 0 Å². The Kier molecular flexibility index (Phi) is 2.95. The van der Waals surface area contributed by atoms with Crippen molar-refractivity contribution in [3.05, 3.63) is 28.9 Å². The Hall–Kier alpha value is -0.830. The molecule has 0 N–H and O–H groups in total. The topological polar surface area (TPSA) is 34.9 Å². The Balaban J connectivity index is 0.000000640. The van der Waals surface area contributed by atoms with Crippen LogP contribution in [0.25, 0.3) is 0 Å². The van der Waals surface area contributed by atoms with E-state index in [9.17, 15) is 4.79 Å². The average molecular weight is 147 g/mol. The maximum atomic E-state index is 10.5. The number of hydrogen-bond donors (Lipinski definition) is 0. The summed E-state index contributed by atoms with van der Waals surface area (Å²) in [5.74, 6) is 0. The number of rotatable bonds is 0. The predicted molar refractivity (Wildman–Crippen MR) is 36.7 cm³/mol. The van der Waals surface area contributed by atoms with Crippen LogP contribution in [-0.2, 0) is 7.05 Å². The highest BCUT2D eigenvalue weighted by Crippen LogP contribution is 1.66. The van der Waals surface area contributed by atoms with E-state index in [-0.39, 0.29) is 18.0 Å². The second kappa shape index (κ2) is 3.25. The number of aryl methyl sites for hydroxylation is 1. The van der Waals surface area contributed by atoms with Crippen LogP contribution in [0.2, 0.25) is 0 Å². The van der Waals surface area contributed by atoms with E-state index in [1.54, 1.807) is 19.4 Å². The Morgan fingerprint density at radius 3 is 2.67 bits per heavy atom. The lowest BCUT2D eigenvalue weighted by molar-refractivity contribution is 0.841. The summed E-state index contributed by atoms with van der Waals surface area (Å²) in [6.07, 6.45) is 4.46. The predicted octanol–water partition coefficient (Wildman–Crippen LogP) is 0.202. The molecule has 1 aromatic rings. The van der Waals surface area contributed by atoms with Gasteiger partial charge in [-0.3, -0.25) is 9.78 Å². The smallest absolute Gasteiger partial charge is 0.268 e. The van der Waals surface area contributed by atoms with E-state index in [1.807, 2.05) is 0 Å². The van der Waals surface area contributed by atoms with Crippen molar-refractivity contribution in [3.8, 4) is 0 Å². The maximum Gasteiger partial charge on any atom is 0.268 e. The molecular formula is C5H7ClN2O. The Morgan fingerprint density at radius 2 is 2.33 bits per heavy atom. The third kappa shape index (κ3) is 1.85. The molecule has 0 spiro atoms. The largest absolute Gasteiger partial charge is 0.316 e. The van der Waals surface area contributed by atoms with Gasteiger partial charge < -0.3 is 4.57 Å². The highest BCUT2D eigenvalue weighted by Gasteiger charge is 1.80. The van der Waals surface area contributed by atoms with Crippen LogP contribution in [0.1, 0.15) is 0 Å². The minimum absolute atomic E-state index is 0. The quantitative estimate of drug-likeness (QED) is 0.524. The van der Waals surface area contributed by atoms with Gasteiger partial charge in [-0.1, -0.05) is 0 Å². The van der Waals surface area contributed by atoms with Gasteiger partial charge in [-0.25, -0.2) is 0 Å². The molecule has 0 saturated carbocycles. The molecule has 9 heavy (non-hydrogen) atoms. The van der Waals surface area contributed by atoms with E-state index >= 15 is 0 Å². The summed E-state index contributed by atoms with van der Waals surface area (Å²) in [7, 11) is 1.68. The standard InChI is InChI=1S/C5H6N2O.ClH/c1-7-3-2-6-4-5(7)8;/h2-4H,1H3;1H. The van der Waals surface area contributed by atoms with Crippen molar-refractivity contribution in [2.75, 3.05) is 0 Å². The van der Waals surface area contributed by atoms with Crippen molar-refractivity contribution in [1.29, 1.82) is 0 Å². The third-order valence-corrected chi connectivity index (χ3v) is 0.909. The van der Waals surface area contributed by atoms with E-state index in [2.05, 4.69) is 4.98 Å². The monoisotopic (exact) mass is 146 g/mol. The Bertz CT molecular complexity index is 232. The average Bonchev–Trinajstić information content (AvgIpc) is 1.77. The van der Waals surface area contributed by atoms with E-state index < -0.39 is 0 Å². The molecule has 1 rings (SSSR count). The highest BCUT2D eigenvalue weighted by atomic mass is 35.5. The van der Waals surface area contributed by atoms with Crippen LogP contribution in [0, 0.1) is 0 Å². The third-order valence-electron chi connectivity index (χ3n) is 0.909. The van der Waals surface area contributed by atoms with Gasteiger partial charge in [-0.05, 0) is 0 Å². The van der Waals surface area contributed by atoms with E-state index in [0.717, 1.165) is 0 Å². The molecule has 0 aliphatic carbocycles. The zero-order chi connectivity index (χ0) is 5.98. The number of halogens is 1. The van der Waals surface area contributed by atoms with Crippen LogP contribution in [0.3, 0.4) is 0 Å². The maximum absolute atomic E-state index is 10.5. The summed E-state index contributed by atoms with van der Waals surface area (Å²) >= 11 is 0. The lowest BCUT2D eigenvalue weighted by Crippen LogP contribution is -2.14. The number of hydrogen-bond acceptors (Lipinski definition) is 2. The SMILES string of the molecule is Cl.Cn1ccncc1=O. The molecule has 0 saturated heterocycles. The molecule has 0 aliphatic heterocycles. The van der Waals surface area contributed by atoms with Crippen LogP contribution >= 0.6 is 12.4 Å². The lowest BCUT2D eigenvalue weighted by Gasteiger charge is -1.88. The number of nitrogens with zero attached hydrogens (tertiary/aromatic N) is 2. The first-order valence-electron chi connectivity index (χ1n) is 2.27. The first-order valence-corrected chi connectivity index (χ1v) is 2.27. The molecule has 0 fully saturated rings. The molecule has 4 heteroatoms. The Labute approximate surface area is 58.8 Å². The molecule has 3 nitrogen and oxygen atoms in total. The lowest BCUT2D eigenvalue weighted by atomic mass is 10.7. The van der Waals surface area contributed by atoms with Gasteiger partial charge in [0.05, 0.1) is 6.20 Å². The first-order chi connectivity index (χ1) is 3.80. The van der Waals surface area contributed by atoms with E-state index in [1.165, 1.54) is 10.8 Å². The number of aromatic nitrogens is 2. The fourth-order valence-electron chi connectivity index (χ4n) is 0.410. The minimum atomic E-state index is -0.0764. The summed E-state index contributed by atoms with van der Waals surface area (Å²) in [5.41, 5.74) is -0.0764. The van der Waals surface area contributed by atoms with E-state index in [0.29, 0.717) is 0 Å². The van der Waals surface area contributed by atoms with Crippen LogP contribution in [-0.4, -0.2) is 9.55 Å². The summed E-state index contributed by atoms with van der Waals surface area (Å²) in [5, 5.41) is 0. The van der Waals surface area contributed by atoms with Gasteiger partial charge in [-0.15, -0.1) is 12.4 Å². The van der Waals surface area contributed by atoms with Crippen LogP contribution in [0.5, 0.6) is 0 Å². The van der Waals surface area contributed by atoms with E-state index in [4.69, 9.17) is 0 Å². The van der Waals surface area contributed by atoms with Crippen molar-refractivity contribution in [2.24, 2.45) is 7.05 Å². The first kappa shape index (κ1) is 8.17. The van der Waals surface area contributed by atoms with Crippen molar-refractivity contribution in [3.63, 3.8) is 0 Å².